The van der Waals surface area contributed by atoms with Gasteiger partial charge in [-0.05, 0) is 80.4 Å². The van der Waals surface area contributed by atoms with E-state index in [-0.39, 0.29) is 5.91 Å². The molecule has 0 saturated carbocycles. The first kappa shape index (κ1) is 28.7. The van der Waals surface area contributed by atoms with E-state index < -0.39 is 17.2 Å². The molecule has 9 heteroatoms. The third-order valence-corrected chi connectivity index (χ3v) is 7.49. The first-order chi connectivity index (χ1) is 19.6. The zero-order valence-corrected chi connectivity index (χ0v) is 24.1. The van der Waals surface area contributed by atoms with Crippen LogP contribution in [0.5, 0.6) is 0 Å². The number of anilines is 2. The zero-order valence-electron chi connectivity index (χ0n) is 24.1. The normalized spacial score (nSPS) is 15.5. The Kier molecular flexibility index (Phi) is 8.37. The van der Waals surface area contributed by atoms with Gasteiger partial charge in [0.2, 0.25) is 0 Å². The summed E-state index contributed by atoms with van der Waals surface area (Å²) in [6, 6.07) is 15.2. The van der Waals surface area contributed by atoms with Gasteiger partial charge in [0, 0.05) is 56.3 Å². The Morgan fingerprint density at radius 3 is 2.41 bits per heavy atom. The number of nitrogens with one attached hydrogen (secondary N) is 2. The third kappa shape index (κ3) is 6.92. The van der Waals surface area contributed by atoms with Crippen molar-refractivity contribution >= 4 is 23.1 Å². The number of nitrogens with zero attached hydrogens (tertiary/aromatic N) is 3. The van der Waals surface area contributed by atoms with Crippen LogP contribution in [0.4, 0.5) is 20.2 Å². The number of likely N-dealkylation sites (N-methyl/N-ethyl adjacent to an activating group) is 1. The Hall–Kier alpha value is -3.82. The molecule has 2 aliphatic rings. The highest BCUT2D eigenvalue weighted by Crippen LogP contribution is 2.28. The van der Waals surface area contributed by atoms with Crippen LogP contribution in [0.25, 0.3) is 0 Å². The number of fused-ring (bicyclic) bond motifs is 1. The van der Waals surface area contributed by atoms with E-state index in [4.69, 9.17) is 4.74 Å². The molecule has 1 fully saturated rings. The van der Waals surface area contributed by atoms with E-state index in [1.165, 1.54) is 12.1 Å². The van der Waals surface area contributed by atoms with Crippen LogP contribution in [0.2, 0.25) is 0 Å². The molecule has 0 aliphatic carbocycles. The summed E-state index contributed by atoms with van der Waals surface area (Å²) in [5, 5.41) is 6.55. The number of piperazine rings is 1. The maximum atomic E-state index is 13.7. The van der Waals surface area contributed by atoms with E-state index in [1.807, 2.05) is 50.2 Å². The standard InChI is InChI=1S/C32H37F2N5O2/c1-32(2,20-41-4)37-29-18-26(39-11-9-38(3)10-12-39)7-8-27(29)31(40)36-30-28-16-21(5-6-23(28)19-35-30)13-22-14-24(33)17-25(34)15-22/h5-8,14-18,37H,9-13,19-20H2,1-4H3,(H,35,36,40). The second-order valence-electron chi connectivity index (χ2n) is 11.5. The fourth-order valence-electron chi connectivity index (χ4n) is 5.43. The van der Waals surface area contributed by atoms with Crippen LogP contribution in [0.1, 0.15) is 46.5 Å². The Morgan fingerprint density at radius 1 is 0.976 bits per heavy atom. The first-order valence-electron chi connectivity index (χ1n) is 13.9. The molecule has 2 N–H and O–H groups in total. The Bertz CT molecular complexity index is 1440. The lowest BCUT2D eigenvalue weighted by molar-refractivity contribution is 0.0977. The Labute approximate surface area is 240 Å². The minimum absolute atomic E-state index is 0.269. The van der Waals surface area contributed by atoms with Crippen molar-refractivity contribution in [3.8, 4) is 0 Å². The van der Waals surface area contributed by atoms with Gasteiger partial charge >= 0.3 is 0 Å². The van der Waals surface area contributed by atoms with Gasteiger partial charge in [-0.3, -0.25) is 9.79 Å². The number of hydrogen-bond donors (Lipinski definition) is 2. The fourth-order valence-corrected chi connectivity index (χ4v) is 5.43. The van der Waals surface area contributed by atoms with Gasteiger partial charge in [-0.2, -0.15) is 0 Å². The molecule has 0 spiro atoms. The first-order valence-corrected chi connectivity index (χ1v) is 13.9. The lowest BCUT2D eigenvalue weighted by atomic mass is 9.99. The van der Waals surface area contributed by atoms with Crippen LogP contribution in [0.3, 0.4) is 0 Å². The number of benzene rings is 3. The number of carbonyl (C=O) groups excluding carboxylic acids is 1. The number of methoxy groups -OCH3 is 1. The molecule has 0 bridgehead atoms. The second kappa shape index (κ2) is 12.0. The topological polar surface area (TPSA) is 69.2 Å². The van der Waals surface area contributed by atoms with Crippen LogP contribution < -0.4 is 15.5 Å². The average Bonchev–Trinajstić information content (AvgIpc) is 3.30. The molecule has 0 radical (unpaired) electrons. The minimum atomic E-state index is -0.604. The second-order valence-corrected chi connectivity index (χ2v) is 11.5. The molecule has 0 unspecified atom stereocenters. The summed E-state index contributed by atoms with van der Waals surface area (Å²) in [5.74, 6) is -0.989. The smallest absolute Gasteiger partial charge is 0.258 e. The number of aliphatic imine (C=N–C) groups is 1. The predicted octanol–water partition coefficient (Wildman–Crippen LogP) is 4.83. The fraction of sp³-hybridized carbons (Fsp3) is 0.375. The summed E-state index contributed by atoms with van der Waals surface area (Å²) in [7, 11) is 3.78. The summed E-state index contributed by atoms with van der Waals surface area (Å²) < 4.78 is 32.8. The van der Waals surface area contributed by atoms with Crippen LogP contribution in [-0.4, -0.2) is 69.1 Å². The molecule has 2 heterocycles. The molecule has 3 aromatic carbocycles. The van der Waals surface area contributed by atoms with E-state index >= 15 is 0 Å². The number of rotatable bonds is 8. The Balaban J connectivity index is 1.38. The Morgan fingerprint density at radius 2 is 1.71 bits per heavy atom. The van der Waals surface area contributed by atoms with Gasteiger partial charge in [-0.25, -0.2) is 8.78 Å². The van der Waals surface area contributed by atoms with Crippen molar-refractivity contribution < 1.29 is 18.3 Å². The highest BCUT2D eigenvalue weighted by atomic mass is 19.1. The molecule has 7 nitrogen and oxygen atoms in total. The summed E-state index contributed by atoms with van der Waals surface area (Å²) in [6.07, 6.45) is 0.361. The van der Waals surface area contributed by atoms with Gasteiger partial charge in [0.25, 0.3) is 5.91 Å². The number of ether oxygens (including phenoxy) is 1. The SMILES string of the molecule is COCC(C)(C)Nc1cc(N2CCN(C)CC2)ccc1C(=O)NC1=NCc2ccc(Cc3cc(F)cc(F)c3)cc21. The van der Waals surface area contributed by atoms with E-state index in [0.717, 1.165) is 60.3 Å². The number of halogens is 2. The van der Waals surface area contributed by atoms with Gasteiger partial charge in [-0.15, -0.1) is 0 Å². The van der Waals surface area contributed by atoms with E-state index in [1.54, 1.807) is 7.11 Å². The maximum Gasteiger partial charge on any atom is 0.258 e. The lowest BCUT2D eigenvalue weighted by Gasteiger charge is -2.35. The molecule has 1 amide bonds. The van der Waals surface area contributed by atoms with E-state index in [9.17, 15) is 13.6 Å². The van der Waals surface area contributed by atoms with Crippen LogP contribution in [0, 0.1) is 11.6 Å². The summed E-state index contributed by atoms with van der Waals surface area (Å²) in [5.41, 5.74) is 5.10. The van der Waals surface area contributed by atoms with Crippen molar-refractivity contribution in [2.24, 2.45) is 4.99 Å². The molecular weight excluding hydrogens is 524 g/mol. The minimum Gasteiger partial charge on any atom is -0.382 e. The molecule has 216 valence electrons. The highest BCUT2D eigenvalue weighted by molar-refractivity contribution is 6.15. The molecule has 3 aromatic rings. The predicted molar refractivity (Wildman–Crippen MR) is 159 cm³/mol. The summed E-state index contributed by atoms with van der Waals surface area (Å²) in [4.78, 5) is 22.9. The van der Waals surface area contributed by atoms with Gasteiger partial charge in [-0.1, -0.05) is 12.1 Å². The van der Waals surface area contributed by atoms with Crippen molar-refractivity contribution in [3.05, 3.63) is 94.0 Å². The maximum absolute atomic E-state index is 13.7. The number of hydrogen-bond acceptors (Lipinski definition) is 6. The molecule has 2 aliphatic heterocycles. The van der Waals surface area contributed by atoms with E-state index in [0.29, 0.717) is 36.5 Å². The lowest BCUT2D eigenvalue weighted by Crippen LogP contribution is -2.44. The number of amidine groups is 1. The van der Waals surface area contributed by atoms with Gasteiger partial charge in [0.1, 0.15) is 17.5 Å². The molecule has 0 atom stereocenters. The monoisotopic (exact) mass is 561 g/mol. The molecule has 0 aromatic heterocycles. The van der Waals surface area contributed by atoms with Crippen LogP contribution >= 0.6 is 0 Å². The largest absolute Gasteiger partial charge is 0.382 e. The molecule has 5 rings (SSSR count). The van der Waals surface area contributed by atoms with Crippen molar-refractivity contribution in [1.29, 1.82) is 0 Å². The van der Waals surface area contributed by atoms with E-state index in [2.05, 4.69) is 32.5 Å². The molecule has 1 saturated heterocycles. The third-order valence-electron chi connectivity index (χ3n) is 7.49. The van der Waals surface area contributed by atoms with Crippen molar-refractivity contribution in [2.45, 2.75) is 32.4 Å². The van der Waals surface area contributed by atoms with Gasteiger partial charge in [0.05, 0.1) is 24.3 Å². The molecule has 41 heavy (non-hydrogen) atoms. The number of amides is 1. The van der Waals surface area contributed by atoms with Crippen molar-refractivity contribution in [2.75, 3.05) is 57.2 Å². The van der Waals surface area contributed by atoms with Crippen LogP contribution in [0.15, 0.2) is 59.6 Å². The molecular formula is C32H37F2N5O2. The highest BCUT2D eigenvalue weighted by Gasteiger charge is 2.25. The zero-order chi connectivity index (χ0) is 29.1. The summed E-state index contributed by atoms with van der Waals surface area (Å²) in [6.45, 7) is 8.78. The van der Waals surface area contributed by atoms with Crippen molar-refractivity contribution in [1.82, 2.24) is 10.2 Å². The van der Waals surface area contributed by atoms with Crippen LogP contribution in [-0.2, 0) is 17.7 Å². The van der Waals surface area contributed by atoms with Gasteiger partial charge < -0.3 is 25.2 Å². The quantitative estimate of drug-likeness (QED) is 0.412. The average molecular weight is 562 g/mol. The van der Waals surface area contributed by atoms with Crippen molar-refractivity contribution in [3.63, 3.8) is 0 Å². The summed E-state index contributed by atoms with van der Waals surface area (Å²) >= 11 is 0. The number of carbonyl (C=O) groups is 1. The van der Waals surface area contributed by atoms with Gasteiger partial charge in [0.15, 0.2) is 0 Å².